The quantitative estimate of drug-likeness (QED) is 0.625. The molecular formula is C10H14N2O2. The average Bonchev–Trinajstić information content (AvgIpc) is 2.64. The first kappa shape index (κ1) is 10.5. The Bertz CT molecular complexity index is 292. The van der Waals surface area contributed by atoms with Gasteiger partial charge in [0.25, 0.3) is 0 Å². The number of nitrogens with one attached hydrogen (secondary N) is 2. The molecular weight excluding hydrogens is 180 g/mol. The summed E-state index contributed by atoms with van der Waals surface area (Å²) < 4.78 is 0. The number of hydrogen-bond donors (Lipinski definition) is 2. The molecule has 2 N–H and O–H groups in total. The van der Waals surface area contributed by atoms with Crippen LogP contribution in [0, 0.1) is 0 Å². The van der Waals surface area contributed by atoms with E-state index < -0.39 is 0 Å². The van der Waals surface area contributed by atoms with Crippen LogP contribution in [0.4, 0.5) is 0 Å². The zero-order valence-electron chi connectivity index (χ0n) is 8.17. The molecule has 1 aliphatic rings. The summed E-state index contributed by atoms with van der Waals surface area (Å²) in [7, 11) is 0. The van der Waals surface area contributed by atoms with E-state index in [2.05, 4.69) is 10.6 Å². The largest absolute Gasteiger partial charge is 0.355 e. The number of carbonyl (C=O) groups excluding carboxylic acids is 2. The van der Waals surface area contributed by atoms with Crippen LogP contribution in [0.5, 0.6) is 0 Å². The molecule has 1 rings (SSSR count). The second-order valence-electron chi connectivity index (χ2n) is 3.06. The van der Waals surface area contributed by atoms with Gasteiger partial charge >= 0.3 is 0 Å². The Kier molecular flexibility index (Phi) is 3.91. The summed E-state index contributed by atoms with van der Waals surface area (Å²) in [5.41, 5.74) is 0.771. The molecule has 0 fully saturated rings. The summed E-state index contributed by atoms with van der Waals surface area (Å²) >= 11 is 0. The van der Waals surface area contributed by atoms with E-state index in [4.69, 9.17) is 0 Å². The van der Waals surface area contributed by atoms with Gasteiger partial charge in [-0.25, -0.2) is 0 Å². The number of carbonyl (C=O) groups is 2. The summed E-state index contributed by atoms with van der Waals surface area (Å²) in [5, 5.41) is 5.32. The fraction of sp³-hybridized carbons (Fsp3) is 0.400. The Morgan fingerprint density at radius 2 is 2.07 bits per heavy atom. The molecule has 76 valence electrons. The molecule has 4 heteroatoms. The molecule has 14 heavy (non-hydrogen) atoms. The molecule has 0 heterocycles. The molecule has 1 aliphatic carbocycles. The van der Waals surface area contributed by atoms with Crippen molar-refractivity contribution < 1.29 is 9.59 Å². The van der Waals surface area contributed by atoms with Gasteiger partial charge in [0.05, 0.1) is 0 Å². The van der Waals surface area contributed by atoms with Crippen LogP contribution in [0.15, 0.2) is 23.8 Å². The zero-order valence-corrected chi connectivity index (χ0v) is 8.17. The predicted octanol–water partition coefficient (Wildman–Crippen LogP) is 0.125. The maximum absolute atomic E-state index is 11.4. The van der Waals surface area contributed by atoms with Crippen molar-refractivity contribution in [3.05, 3.63) is 23.8 Å². The van der Waals surface area contributed by atoms with E-state index in [-0.39, 0.29) is 11.8 Å². The van der Waals surface area contributed by atoms with Gasteiger partial charge in [-0.15, -0.1) is 0 Å². The lowest BCUT2D eigenvalue weighted by molar-refractivity contribution is -0.120. The van der Waals surface area contributed by atoms with Gasteiger partial charge in [-0.05, 0) is 6.42 Å². The minimum absolute atomic E-state index is 0.0552. The average molecular weight is 194 g/mol. The number of hydrogen-bond acceptors (Lipinski definition) is 2. The fourth-order valence-corrected chi connectivity index (χ4v) is 1.14. The van der Waals surface area contributed by atoms with Crippen LogP contribution in [-0.2, 0) is 9.59 Å². The Labute approximate surface area is 83.1 Å². The lowest BCUT2D eigenvalue weighted by atomic mass is 10.2. The van der Waals surface area contributed by atoms with Crippen molar-refractivity contribution in [2.45, 2.75) is 13.3 Å². The SMILES string of the molecule is CC(=O)NCCNC(=O)C1=CC=CC1. The van der Waals surface area contributed by atoms with E-state index in [1.165, 1.54) is 6.92 Å². The molecule has 0 saturated heterocycles. The van der Waals surface area contributed by atoms with E-state index in [1.807, 2.05) is 12.2 Å². The van der Waals surface area contributed by atoms with Crippen molar-refractivity contribution in [2.24, 2.45) is 0 Å². The van der Waals surface area contributed by atoms with Gasteiger partial charge in [0, 0.05) is 25.6 Å². The van der Waals surface area contributed by atoms with Crippen LogP contribution < -0.4 is 10.6 Å². The summed E-state index contributed by atoms with van der Waals surface area (Å²) in [6, 6.07) is 0. The Morgan fingerprint density at radius 1 is 1.36 bits per heavy atom. The monoisotopic (exact) mass is 194 g/mol. The molecule has 0 atom stereocenters. The zero-order chi connectivity index (χ0) is 10.4. The van der Waals surface area contributed by atoms with Gasteiger partial charge in [0.2, 0.25) is 11.8 Å². The standard InChI is InChI=1S/C10H14N2O2/c1-8(13)11-6-7-12-10(14)9-4-2-3-5-9/h2-4H,5-7H2,1H3,(H,11,13)(H,12,14). The maximum Gasteiger partial charge on any atom is 0.247 e. The number of amides is 2. The summed E-state index contributed by atoms with van der Waals surface area (Å²) in [6.45, 7) is 2.39. The second kappa shape index (κ2) is 5.21. The van der Waals surface area contributed by atoms with Crippen LogP contribution in [0.3, 0.4) is 0 Å². The van der Waals surface area contributed by atoms with Crippen LogP contribution in [-0.4, -0.2) is 24.9 Å². The molecule has 2 amide bonds. The normalized spacial score (nSPS) is 13.6. The van der Waals surface area contributed by atoms with Crippen molar-refractivity contribution in [3.8, 4) is 0 Å². The highest BCUT2D eigenvalue weighted by Gasteiger charge is 2.08. The molecule has 0 aromatic carbocycles. The second-order valence-corrected chi connectivity index (χ2v) is 3.06. The van der Waals surface area contributed by atoms with Crippen molar-refractivity contribution in [2.75, 3.05) is 13.1 Å². The molecule has 0 spiro atoms. The summed E-state index contributed by atoms with van der Waals surface area (Å²) in [4.78, 5) is 21.9. The minimum Gasteiger partial charge on any atom is -0.355 e. The van der Waals surface area contributed by atoms with E-state index in [0.717, 1.165) is 5.57 Å². The highest BCUT2D eigenvalue weighted by atomic mass is 16.2. The van der Waals surface area contributed by atoms with Crippen LogP contribution in [0.25, 0.3) is 0 Å². The van der Waals surface area contributed by atoms with E-state index in [0.29, 0.717) is 19.5 Å². The maximum atomic E-state index is 11.4. The molecule has 0 saturated carbocycles. The van der Waals surface area contributed by atoms with Gasteiger partial charge in [-0.3, -0.25) is 9.59 Å². The van der Waals surface area contributed by atoms with E-state index in [1.54, 1.807) is 6.08 Å². The molecule has 0 aromatic heterocycles. The highest BCUT2D eigenvalue weighted by Crippen LogP contribution is 2.09. The third-order valence-corrected chi connectivity index (χ3v) is 1.85. The van der Waals surface area contributed by atoms with Crippen LogP contribution in [0.1, 0.15) is 13.3 Å². The van der Waals surface area contributed by atoms with Crippen molar-refractivity contribution >= 4 is 11.8 Å². The highest BCUT2D eigenvalue weighted by molar-refractivity contribution is 5.94. The van der Waals surface area contributed by atoms with Gasteiger partial charge in [0.15, 0.2) is 0 Å². The molecule has 0 radical (unpaired) electrons. The predicted molar refractivity (Wildman–Crippen MR) is 53.5 cm³/mol. The lowest BCUT2D eigenvalue weighted by Crippen LogP contribution is -2.34. The molecule has 4 nitrogen and oxygen atoms in total. The molecule has 0 unspecified atom stereocenters. The minimum atomic E-state index is -0.0824. The molecule has 0 aliphatic heterocycles. The summed E-state index contributed by atoms with van der Waals surface area (Å²) in [5.74, 6) is -0.138. The van der Waals surface area contributed by atoms with Crippen molar-refractivity contribution in [1.82, 2.24) is 10.6 Å². The van der Waals surface area contributed by atoms with Gasteiger partial charge in [0.1, 0.15) is 0 Å². The third kappa shape index (κ3) is 3.43. The van der Waals surface area contributed by atoms with Crippen molar-refractivity contribution in [1.29, 1.82) is 0 Å². The van der Waals surface area contributed by atoms with Gasteiger partial charge in [-0.2, -0.15) is 0 Å². The first-order chi connectivity index (χ1) is 6.70. The Hall–Kier alpha value is -1.58. The smallest absolute Gasteiger partial charge is 0.247 e. The number of rotatable bonds is 4. The molecule has 0 aromatic rings. The van der Waals surface area contributed by atoms with E-state index in [9.17, 15) is 9.59 Å². The van der Waals surface area contributed by atoms with Crippen molar-refractivity contribution in [3.63, 3.8) is 0 Å². The summed E-state index contributed by atoms with van der Waals surface area (Å²) in [6.07, 6.45) is 6.30. The topological polar surface area (TPSA) is 58.2 Å². The number of allylic oxidation sites excluding steroid dienone is 3. The van der Waals surface area contributed by atoms with Gasteiger partial charge in [-0.1, -0.05) is 18.2 Å². The first-order valence-corrected chi connectivity index (χ1v) is 4.58. The fourth-order valence-electron chi connectivity index (χ4n) is 1.14. The van der Waals surface area contributed by atoms with Gasteiger partial charge < -0.3 is 10.6 Å². The van der Waals surface area contributed by atoms with E-state index >= 15 is 0 Å². The first-order valence-electron chi connectivity index (χ1n) is 4.58. The lowest BCUT2D eigenvalue weighted by Gasteiger charge is -2.05. The molecule has 0 bridgehead atoms. The Balaban J connectivity index is 2.13. The van der Waals surface area contributed by atoms with Crippen LogP contribution >= 0.6 is 0 Å². The Morgan fingerprint density at radius 3 is 2.64 bits per heavy atom. The third-order valence-electron chi connectivity index (χ3n) is 1.85. The van der Waals surface area contributed by atoms with Crippen LogP contribution in [0.2, 0.25) is 0 Å².